The number of ether oxygens (including phenoxy) is 1. The second kappa shape index (κ2) is 10.7. The summed E-state index contributed by atoms with van der Waals surface area (Å²) < 4.78 is 63.1. The fourth-order valence-corrected chi connectivity index (χ4v) is 5.74. The van der Waals surface area contributed by atoms with Gasteiger partial charge in [0.15, 0.2) is 5.12 Å². The summed E-state index contributed by atoms with van der Waals surface area (Å²) in [5.41, 5.74) is -2.12. The molecule has 0 heterocycles. The van der Waals surface area contributed by atoms with E-state index in [0.29, 0.717) is 6.07 Å². The lowest BCUT2D eigenvalue weighted by Gasteiger charge is -2.20. The summed E-state index contributed by atoms with van der Waals surface area (Å²) in [6.07, 6.45) is -4.71. The van der Waals surface area contributed by atoms with Gasteiger partial charge in [-0.25, -0.2) is 0 Å². The predicted molar refractivity (Wildman–Crippen MR) is 125 cm³/mol. The van der Waals surface area contributed by atoms with Crippen molar-refractivity contribution in [2.24, 2.45) is 5.41 Å². The molecule has 1 unspecified atom stereocenters. The number of carbonyl (C=O) groups is 1. The molecule has 0 aliphatic carbocycles. The minimum atomic E-state index is -4.60. The van der Waals surface area contributed by atoms with Crippen LogP contribution in [0.25, 0.3) is 0 Å². The van der Waals surface area contributed by atoms with Gasteiger partial charge < -0.3 is 9.26 Å². The number of thioether (sulfide) groups is 1. The van der Waals surface area contributed by atoms with Crippen LogP contribution in [0.3, 0.4) is 0 Å². The fourth-order valence-electron chi connectivity index (χ4n) is 2.59. The van der Waals surface area contributed by atoms with Crippen LogP contribution < -0.4 is 10.0 Å². The van der Waals surface area contributed by atoms with Crippen LogP contribution in [0.15, 0.2) is 36.4 Å². The quantitative estimate of drug-likeness (QED) is 0.151. The van der Waals surface area contributed by atoms with Gasteiger partial charge in [0.1, 0.15) is 22.7 Å². The lowest BCUT2D eigenvalue weighted by atomic mass is 10.00. The van der Waals surface area contributed by atoms with Crippen molar-refractivity contribution in [3.63, 3.8) is 0 Å². The molecular weight excluding hydrogens is 518 g/mol. The molecule has 0 N–H and O–H groups in total. The third-order valence-corrected chi connectivity index (χ3v) is 8.53. The molecule has 2 rings (SSSR count). The van der Waals surface area contributed by atoms with Crippen LogP contribution >= 0.6 is 30.7 Å². The third-order valence-electron chi connectivity index (χ3n) is 4.48. The van der Waals surface area contributed by atoms with Crippen molar-refractivity contribution in [3.05, 3.63) is 57.1 Å². The lowest BCUT2D eigenvalue weighted by Crippen LogP contribution is -2.18. The van der Waals surface area contributed by atoms with E-state index >= 15 is 0 Å². The van der Waals surface area contributed by atoms with E-state index in [1.165, 1.54) is 13.0 Å². The number of nitro benzene ring substituents is 1. The average Bonchev–Trinajstić information content (AvgIpc) is 2.73. The second-order valence-corrected chi connectivity index (χ2v) is 12.1. The van der Waals surface area contributed by atoms with Crippen LogP contribution in [0.1, 0.15) is 33.3 Å². The molecule has 2 aromatic rings. The van der Waals surface area contributed by atoms with E-state index in [2.05, 4.69) is 0 Å². The van der Waals surface area contributed by atoms with E-state index in [-0.39, 0.29) is 39.0 Å². The maximum atomic E-state index is 13.5. The highest BCUT2D eigenvalue weighted by atomic mass is 35.5. The summed E-state index contributed by atoms with van der Waals surface area (Å²) in [6, 6.07) is 5.86. The smallest absolute Gasteiger partial charge is 0.416 e. The maximum absolute atomic E-state index is 13.5. The van der Waals surface area contributed by atoms with Crippen molar-refractivity contribution >= 4 is 46.8 Å². The Balaban J connectivity index is 2.37. The molecule has 34 heavy (non-hydrogen) atoms. The number of benzene rings is 2. The topological polar surface area (TPSA) is 95.7 Å². The zero-order valence-corrected chi connectivity index (χ0v) is 21.1. The molecule has 0 fully saturated rings. The second-order valence-electron chi connectivity index (χ2n) is 8.07. The van der Waals surface area contributed by atoms with Crippen LogP contribution in [-0.4, -0.2) is 22.1 Å². The minimum absolute atomic E-state index is 0.0436. The highest BCUT2D eigenvalue weighted by molar-refractivity contribution is 8.13. The zero-order valence-electron chi connectivity index (χ0n) is 18.6. The van der Waals surface area contributed by atoms with Crippen molar-refractivity contribution in [2.75, 3.05) is 12.1 Å². The van der Waals surface area contributed by atoms with Gasteiger partial charge in [0, 0.05) is 23.7 Å². The van der Waals surface area contributed by atoms with Gasteiger partial charge in [-0.2, -0.15) is 13.2 Å². The highest BCUT2D eigenvalue weighted by Crippen LogP contribution is 2.49. The molecule has 0 aromatic heterocycles. The first-order valence-corrected chi connectivity index (χ1v) is 13.0. The fraction of sp³-hybridized carbons (Fsp3) is 0.381. The predicted octanol–water partition coefficient (Wildman–Crippen LogP) is 7.26. The van der Waals surface area contributed by atoms with Gasteiger partial charge >= 0.3 is 6.18 Å². The Kier molecular flexibility index (Phi) is 8.85. The summed E-state index contributed by atoms with van der Waals surface area (Å²) >= 11 is 6.71. The Labute approximate surface area is 203 Å². The molecule has 7 nitrogen and oxygen atoms in total. The maximum Gasteiger partial charge on any atom is 0.416 e. The number of nitrogens with zero attached hydrogens (tertiary/aromatic N) is 1. The number of carbonyl (C=O) groups excluding carboxylic acids is 1. The van der Waals surface area contributed by atoms with Crippen molar-refractivity contribution in [3.8, 4) is 11.5 Å². The Morgan fingerprint density at radius 2 is 1.82 bits per heavy atom. The highest BCUT2D eigenvalue weighted by Gasteiger charge is 2.34. The first kappa shape index (κ1) is 28.2. The van der Waals surface area contributed by atoms with E-state index in [9.17, 15) is 32.6 Å². The number of hydrogen-bond donors (Lipinski definition) is 0. The average molecular weight is 540 g/mol. The molecule has 0 aliphatic heterocycles. The van der Waals surface area contributed by atoms with Gasteiger partial charge in [0.2, 0.25) is 7.37 Å². The third kappa shape index (κ3) is 6.97. The van der Waals surface area contributed by atoms with E-state index in [1.807, 2.05) is 0 Å². The van der Waals surface area contributed by atoms with Crippen molar-refractivity contribution in [2.45, 2.75) is 33.9 Å². The number of rotatable bonds is 8. The van der Waals surface area contributed by atoms with Gasteiger partial charge in [-0.1, -0.05) is 51.1 Å². The first-order chi connectivity index (χ1) is 15.6. The normalized spacial score (nSPS) is 13.9. The Hall–Kier alpha value is -2.07. The molecule has 2 aromatic carbocycles. The summed E-state index contributed by atoms with van der Waals surface area (Å²) in [5, 5.41) is 10.8. The Bertz CT molecular complexity index is 1140. The van der Waals surface area contributed by atoms with Crippen molar-refractivity contribution in [1.29, 1.82) is 0 Å². The zero-order chi connectivity index (χ0) is 25.9. The Morgan fingerprint density at radius 1 is 1.18 bits per heavy atom. The molecule has 0 radical (unpaired) electrons. The number of halogens is 4. The SMILES string of the molecule is CCP(=O)(OCSC(=O)C(C)(C)C)c1cc(Oc2ccc(C(F)(F)F)cc2Cl)ccc1[N+](=O)[O-]. The minimum Gasteiger partial charge on any atom is -0.456 e. The molecule has 0 aliphatic rings. The summed E-state index contributed by atoms with van der Waals surface area (Å²) in [6.45, 7) is 6.64. The van der Waals surface area contributed by atoms with E-state index in [1.54, 1.807) is 20.8 Å². The monoisotopic (exact) mass is 539 g/mol. The summed E-state index contributed by atoms with van der Waals surface area (Å²) in [5.74, 6) is -0.459. The van der Waals surface area contributed by atoms with Gasteiger partial charge in [-0.3, -0.25) is 19.5 Å². The van der Waals surface area contributed by atoms with Crippen LogP contribution in [0.2, 0.25) is 5.02 Å². The molecule has 13 heteroatoms. The molecule has 186 valence electrons. The Morgan fingerprint density at radius 3 is 2.32 bits per heavy atom. The van der Waals surface area contributed by atoms with Gasteiger partial charge in [0.25, 0.3) is 5.69 Å². The van der Waals surface area contributed by atoms with Crippen LogP contribution in [-0.2, 0) is 20.1 Å². The van der Waals surface area contributed by atoms with Gasteiger partial charge in [-0.05, 0) is 24.3 Å². The summed E-state index contributed by atoms with van der Waals surface area (Å²) in [7, 11) is -3.80. The molecule has 0 bridgehead atoms. The van der Waals surface area contributed by atoms with Gasteiger partial charge in [0.05, 0.1) is 15.5 Å². The van der Waals surface area contributed by atoms with Crippen molar-refractivity contribution < 1.29 is 36.7 Å². The lowest BCUT2D eigenvalue weighted by molar-refractivity contribution is -0.383. The molecule has 0 saturated carbocycles. The first-order valence-electron chi connectivity index (χ1n) is 9.83. The number of alkyl halides is 3. The number of nitro groups is 1. The van der Waals surface area contributed by atoms with E-state index in [4.69, 9.17) is 20.9 Å². The van der Waals surface area contributed by atoms with E-state index < -0.39 is 35.1 Å². The van der Waals surface area contributed by atoms with Crippen LogP contribution in [0, 0.1) is 15.5 Å². The molecule has 0 spiro atoms. The van der Waals surface area contributed by atoms with Gasteiger partial charge in [-0.15, -0.1) is 0 Å². The molecule has 0 saturated heterocycles. The molecular formula is C21H22ClF3NO6PS. The number of hydrogen-bond acceptors (Lipinski definition) is 7. The summed E-state index contributed by atoms with van der Waals surface area (Å²) in [4.78, 5) is 22.9. The van der Waals surface area contributed by atoms with Crippen LogP contribution in [0.4, 0.5) is 18.9 Å². The standard InChI is InChI=1S/C21H22ClF3NO6PS/c1-5-33(30,31-12-34-19(27)20(2,3)4)18-11-14(7-8-16(18)26(28)29)32-17-9-6-13(10-15(17)22)21(23,24)25/h6-11H,5,12H2,1-4H3. The molecule has 0 amide bonds. The van der Waals surface area contributed by atoms with Crippen LogP contribution in [0.5, 0.6) is 11.5 Å². The largest absolute Gasteiger partial charge is 0.456 e. The van der Waals surface area contributed by atoms with E-state index in [0.717, 1.165) is 36.0 Å². The van der Waals surface area contributed by atoms with Crippen molar-refractivity contribution in [1.82, 2.24) is 0 Å². The molecule has 1 atom stereocenters.